The number of primary amides is 2. The molecule has 9 heteroatoms. The van der Waals surface area contributed by atoms with E-state index >= 15 is 0 Å². The standard InChI is InChI=1S/C7H12N4O5/c8-4(12)2-11(3-5(9)13)7(16)10-1-6(14)15/h1-3H2,(H2,8,12)(H2,9,13)(H,10,16)(H,14,15). The molecular formula is C7H12N4O5. The monoisotopic (exact) mass is 232 g/mol. The summed E-state index contributed by atoms with van der Waals surface area (Å²) in [4.78, 5) is 43.3. The number of urea groups is 1. The number of hydrogen-bond acceptors (Lipinski definition) is 4. The molecule has 0 saturated heterocycles. The van der Waals surface area contributed by atoms with Crippen LogP contribution in [0.2, 0.25) is 0 Å². The van der Waals surface area contributed by atoms with Gasteiger partial charge in [0.05, 0.1) is 0 Å². The van der Waals surface area contributed by atoms with Gasteiger partial charge in [0.15, 0.2) is 0 Å². The van der Waals surface area contributed by atoms with Gasteiger partial charge in [-0.2, -0.15) is 0 Å². The van der Waals surface area contributed by atoms with Crippen LogP contribution in [0.4, 0.5) is 4.79 Å². The topological polar surface area (TPSA) is 156 Å². The molecule has 0 saturated carbocycles. The fourth-order valence-electron chi connectivity index (χ4n) is 0.839. The number of carbonyl (C=O) groups is 4. The van der Waals surface area contributed by atoms with Gasteiger partial charge in [-0.3, -0.25) is 14.4 Å². The van der Waals surface area contributed by atoms with Crippen LogP contribution in [0.3, 0.4) is 0 Å². The van der Waals surface area contributed by atoms with Crippen molar-refractivity contribution in [1.82, 2.24) is 10.2 Å². The lowest BCUT2D eigenvalue weighted by Gasteiger charge is -2.19. The highest BCUT2D eigenvalue weighted by Gasteiger charge is 2.18. The molecule has 0 aromatic rings. The van der Waals surface area contributed by atoms with Gasteiger partial charge < -0.3 is 26.8 Å². The van der Waals surface area contributed by atoms with Crippen LogP contribution in [-0.2, 0) is 14.4 Å². The Morgan fingerprint density at radius 2 is 1.50 bits per heavy atom. The fraction of sp³-hybridized carbons (Fsp3) is 0.429. The van der Waals surface area contributed by atoms with Gasteiger partial charge >= 0.3 is 12.0 Å². The Labute approximate surface area is 90.4 Å². The summed E-state index contributed by atoms with van der Waals surface area (Å²) < 4.78 is 0. The molecule has 4 amide bonds. The second kappa shape index (κ2) is 6.22. The first kappa shape index (κ1) is 13.7. The Morgan fingerprint density at radius 3 is 1.81 bits per heavy atom. The molecule has 0 aliphatic rings. The minimum absolute atomic E-state index is 0.519. The van der Waals surface area contributed by atoms with Gasteiger partial charge in [0, 0.05) is 0 Å². The van der Waals surface area contributed by atoms with Crippen molar-refractivity contribution in [1.29, 1.82) is 0 Å². The number of hydrogen-bond donors (Lipinski definition) is 4. The molecule has 6 N–H and O–H groups in total. The second-order valence-corrected chi connectivity index (χ2v) is 2.84. The molecule has 0 aromatic carbocycles. The summed E-state index contributed by atoms with van der Waals surface area (Å²) >= 11 is 0. The average molecular weight is 232 g/mol. The molecule has 0 atom stereocenters. The third kappa shape index (κ3) is 6.18. The van der Waals surface area contributed by atoms with Gasteiger partial charge in [-0.15, -0.1) is 0 Å². The van der Waals surface area contributed by atoms with Crippen molar-refractivity contribution < 1.29 is 24.3 Å². The molecule has 0 fully saturated rings. The predicted molar refractivity (Wildman–Crippen MR) is 51.0 cm³/mol. The zero-order chi connectivity index (χ0) is 12.7. The number of aliphatic carboxylic acids is 1. The van der Waals surface area contributed by atoms with Crippen molar-refractivity contribution in [2.24, 2.45) is 11.5 Å². The minimum Gasteiger partial charge on any atom is -0.480 e. The first-order chi connectivity index (χ1) is 7.32. The lowest BCUT2D eigenvalue weighted by atomic mass is 10.4. The Morgan fingerprint density at radius 1 is 1.06 bits per heavy atom. The van der Waals surface area contributed by atoms with Crippen LogP contribution < -0.4 is 16.8 Å². The summed E-state index contributed by atoms with van der Waals surface area (Å²) in [6.45, 7) is -1.67. The summed E-state index contributed by atoms with van der Waals surface area (Å²) in [5.41, 5.74) is 9.67. The number of nitrogens with zero attached hydrogens (tertiary/aromatic N) is 1. The summed E-state index contributed by atoms with van der Waals surface area (Å²) in [6, 6.07) is -0.903. The fourth-order valence-corrected chi connectivity index (χ4v) is 0.839. The quantitative estimate of drug-likeness (QED) is 0.385. The van der Waals surface area contributed by atoms with E-state index in [0.717, 1.165) is 0 Å². The lowest BCUT2D eigenvalue weighted by molar-refractivity contribution is -0.135. The molecule has 0 bridgehead atoms. The van der Waals surface area contributed by atoms with Crippen LogP contribution in [0.5, 0.6) is 0 Å². The largest absolute Gasteiger partial charge is 0.480 e. The number of rotatable bonds is 6. The summed E-state index contributed by atoms with van der Waals surface area (Å²) in [7, 11) is 0. The van der Waals surface area contributed by atoms with Gasteiger partial charge in [0.1, 0.15) is 19.6 Å². The molecule has 0 spiro atoms. The minimum atomic E-state index is -1.26. The Balaban J connectivity index is 4.36. The highest BCUT2D eigenvalue weighted by atomic mass is 16.4. The van der Waals surface area contributed by atoms with Crippen LogP contribution in [0, 0.1) is 0 Å². The van der Waals surface area contributed by atoms with Crippen molar-refractivity contribution in [2.45, 2.75) is 0 Å². The van der Waals surface area contributed by atoms with E-state index in [1.54, 1.807) is 0 Å². The maximum Gasteiger partial charge on any atom is 0.323 e. The van der Waals surface area contributed by atoms with E-state index in [2.05, 4.69) is 0 Å². The van der Waals surface area contributed by atoms with Gasteiger partial charge in [-0.1, -0.05) is 0 Å². The molecule has 0 heterocycles. The van der Waals surface area contributed by atoms with Gasteiger partial charge in [0.25, 0.3) is 0 Å². The molecule has 0 radical (unpaired) electrons. The molecular weight excluding hydrogens is 220 g/mol. The molecule has 90 valence electrons. The first-order valence-electron chi connectivity index (χ1n) is 4.14. The van der Waals surface area contributed by atoms with Crippen LogP contribution in [0.15, 0.2) is 0 Å². The third-order valence-electron chi connectivity index (χ3n) is 1.37. The Hall–Kier alpha value is -2.32. The predicted octanol–water partition coefficient (Wildman–Crippen LogP) is -2.95. The summed E-state index contributed by atoms with van der Waals surface area (Å²) in [5, 5.41) is 10.3. The van der Waals surface area contributed by atoms with Crippen LogP contribution in [0.1, 0.15) is 0 Å². The molecule has 0 rings (SSSR count). The highest BCUT2D eigenvalue weighted by Crippen LogP contribution is 1.88. The van der Waals surface area contributed by atoms with E-state index in [0.29, 0.717) is 4.90 Å². The summed E-state index contributed by atoms with van der Waals surface area (Å²) in [5.74, 6) is -2.94. The van der Waals surface area contributed by atoms with Crippen molar-refractivity contribution in [2.75, 3.05) is 19.6 Å². The van der Waals surface area contributed by atoms with Gasteiger partial charge in [0.2, 0.25) is 11.8 Å². The van der Waals surface area contributed by atoms with E-state index in [9.17, 15) is 19.2 Å². The Kier molecular flexibility index (Phi) is 5.32. The van der Waals surface area contributed by atoms with E-state index in [-0.39, 0.29) is 0 Å². The van der Waals surface area contributed by atoms with Crippen molar-refractivity contribution in [3.05, 3.63) is 0 Å². The van der Waals surface area contributed by atoms with Gasteiger partial charge in [-0.25, -0.2) is 4.79 Å². The van der Waals surface area contributed by atoms with E-state index in [4.69, 9.17) is 16.6 Å². The van der Waals surface area contributed by atoms with Crippen molar-refractivity contribution in [3.63, 3.8) is 0 Å². The molecule has 9 nitrogen and oxygen atoms in total. The number of nitrogens with two attached hydrogens (primary N) is 2. The van der Waals surface area contributed by atoms with Crippen molar-refractivity contribution in [3.8, 4) is 0 Å². The number of carboxylic acids is 1. The second-order valence-electron chi connectivity index (χ2n) is 2.84. The SMILES string of the molecule is NC(=O)CN(CC(N)=O)C(=O)NCC(=O)O. The smallest absolute Gasteiger partial charge is 0.323 e. The first-order valence-corrected chi connectivity index (χ1v) is 4.14. The van der Waals surface area contributed by atoms with Gasteiger partial charge in [-0.05, 0) is 0 Å². The third-order valence-corrected chi connectivity index (χ3v) is 1.37. The van der Waals surface area contributed by atoms with Crippen LogP contribution >= 0.6 is 0 Å². The number of nitrogens with one attached hydrogen (secondary N) is 1. The zero-order valence-electron chi connectivity index (χ0n) is 8.30. The lowest BCUT2D eigenvalue weighted by Crippen LogP contribution is -2.48. The van der Waals surface area contributed by atoms with Crippen LogP contribution in [-0.4, -0.2) is 53.5 Å². The zero-order valence-corrected chi connectivity index (χ0v) is 8.30. The molecule has 0 unspecified atom stereocenters. The highest BCUT2D eigenvalue weighted by molar-refractivity contribution is 5.88. The molecule has 0 aliphatic heterocycles. The molecule has 0 aromatic heterocycles. The number of amides is 4. The number of carboxylic acid groups (broad SMARTS) is 1. The average Bonchev–Trinajstić information content (AvgIpc) is 2.11. The number of carbonyl (C=O) groups excluding carboxylic acids is 3. The van der Waals surface area contributed by atoms with E-state index < -0.39 is 43.4 Å². The van der Waals surface area contributed by atoms with E-state index in [1.807, 2.05) is 5.32 Å². The van der Waals surface area contributed by atoms with Crippen molar-refractivity contribution >= 4 is 23.8 Å². The summed E-state index contributed by atoms with van der Waals surface area (Å²) in [6.07, 6.45) is 0. The Bertz CT molecular complexity index is 300. The molecule has 16 heavy (non-hydrogen) atoms. The van der Waals surface area contributed by atoms with Crippen LogP contribution in [0.25, 0.3) is 0 Å². The molecule has 0 aliphatic carbocycles. The normalized spacial score (nSPS) is 9.25. The maximum absolute atomic E-state index is 11.3. The van der Waals surface area contributed by atoms with E-state index in [1.165, 1.54) is 0 Å². The maximum atomic E-state index is 11.3.